The summed E-state index contributed by atoms with van der Waals surface area (Å²) in [6.07, 6.45) is 6.14. The van der Waals surface area contributed by atoms with Crippen LogP contribution in [0, 0.1) is 0 Å². The number of carbonyl (C=O) groups excluding carboxylic acids is 3. The first-order valence-electron chi connectivity index (χ1n) is 12.8. The van der Waals surface area contributed by atoms with Crippen molar-refractivity contribution < 1.29 is 14.4 Å². The van der Waals surface area contributed by atoms with Gasteiger partial charge in [0.2, 0.25) is 5.54 Å². The summed E-state index contributed by atoms with van der Waals surface area (Å²) < 4.78 is 1.39. The van der Waals surface area contributed by atoms with Crippen molar-refractivity contribution in [3.8, 4) is 0 Å². The molecule has 6 nitrogen and oxygen atoms in total. The van der Waals surface area contributed by atoms with Gasteiger partial charge in [-0.2, -0.15) is 0 Å². The summed E-state index contributed by atoms with van der Waals surface area (Å²) in [5.74, 6) is -0.969. The van der Waals surface area contributed by atoms with Gasteiger partial charge in [0.05, 0.1) is 5.52 Å². The minimum absolute atomic E-state index is 0.00787. The number of amides is 2. The number of hydrogen-bond acceptors (Lipinski definition) is 3. The lowest BCUT2D eigenvalue weighted by Crippen LogP contribution is -2.69. The van der Waals surface area contributed by atoms with Crippen LogP contribution in [0.4, 0.5) is 5.69 Å². The maximum absolute atomic E-state index is 14.2. The molecule has 1 aromatic heterocycles. The molecular formula is C29H32ClN3O3. The Bertz CT molecular complexity index is 1340. The summed E-state index contributed by atoms with van der Waals surface area (Å²) in [7, 11) is 0. The average Bonchev–Trinajstić information content (AvgIpc) is 3.03. The summed E-state index contributed by atoms with van der Waals surface area (Å²) in [6.45, 7) is 5.76. The maximum atomic E-state index is 14.2. The van der Waals surface area contributed by atoms with E-state index < -0.39 is 23.3 Å². The van der Waals surface area contributed by atoms with Crippen molar-refractivity contribution in [2.75, 3.05) is 4.90 Å². The molecular weight excluding hydrogens is 474 g/mol. The summed E-state index contributed by atoms with van der Waals surface area (Å²) in [5, 5.41) is 4.34. The number of nitrogens with one attached hydrogen (secondary N) is 1. The van der Waals surface area contributed by atoms with Gasteiger partial charge < -0.3 is 5.32 Å². The van der Waals surface area contributed by atoms with E-state index in [4.69, 9.17) is 11.6 Å². The zero-order chi connectivity index (χ0) is 25.6. The molecule has 0 radical (unpaired) electrons. The summed E-state index contributed by atoms with van der Waals surface area (Å²) in [5.41, 5.74) is 0.677. The lowest BCUT2D eigenvalue weighted by Gasteiger charge is -2.42. The fourth-order valence-electron chi connectivity index (χ4n) is 5.53. The quantitative estimate of drug-likeness (QED) is 0.333. The number of carbonyl (C=O) groups is 3. The van der Waals surface area contributed by atoms with Crippen LogP contribution in [0.25, 0.3) is 10.9 Å². The number of anilines is 1. The molecule has 0 unspecified atom stereocenters. The smallest absolute Gasteiger partial charge is 0.276 e. The predicted molar refractivity (Wildman–Crippen MR) is 143 cm³/mol. The van der Waals surface area contributed by atoms with Gasteiger partial charge in [-0.1, -0.05) is 63.3 Å². The molecule has 1 N–H and O–H groups in total. The largest absolute Gasteiger partial charge is 0.351 e. The summed E-state index contributed by atoms with van der Waals surface area (Å²) in [6, 6.07) is 14.4. The van der Waals surface area contributed by atoms with Gasteiger partial charge >= 0.3 is 0 Å². The Balaban J connectivity index is 1.64. The number of fused-ring (bicyclic) bond motifs is 3. The fourth-order valence-corrected chi connectivity index (χ4v) is 5.71. The second-order valence-corrected chi connectivity index (χ2v) is 10.9. The van der Waals surface area contributed by atoms with Crippen LogP contribution in [-0.2, 0) is 4.79 Å². The number of nitrogens with zero attached hydrogens (tertiary/aromatic N) is 2. The molecule has 36 heavy (non-hydrogen) atoms. The third-order valence-electron chi connectivity index (χ3n) is 7.70. The van der Waals surface area contributed by atoms with Crippen LogP contribution in [0.2, 0.25) is 5.02 Å². The van der Waals surface area contributed by atoms with Crippen molar-refractivity contribution in [3.63, 3.8) is 0 Å². The van der Waals surface area contributed by atoms with E-state index in [0.717, 1.165) is 44.1 Å². The monoisotopic (exact) mass is 505 g/mol. The number of hydrogen-bond donors (Lipinski definition) is 1. The van der Waals surface area contributed by atoms with E-state index in [0.29, 0.717) is 27.5 Å². The third-order valence-corrected chi connectivity index (χ3v) is 7.94. The molecule has 0 bridgehead atoms. The fraction of sp³-hybridized carbons (Fsp3) is 0.414. The summed E-state index contributed by atoms with van der Waals surface area (Å²) in [4.78, 5) is 43.6. The van der Waals surface area contributed by atoms with Gasteiger partial charge in [-0.25, -0.2) is 0 Å². The predicted octanol–water partition coefficient (Wildman–Crippen LogP) is 6.32. The molecule has 2 amide bonds. The lowest BCUT2D eigenvalue weighted by atomic mass is 9.91. The molecule has 1 atom stereocenters. The zero-order valence-electron chi connectivity index (χ0n) is 21.0. The van der Waals surface area contributed by atoms with Crippen LogP contribution >= 0.6 is 11.6 Å². The van der Waals surface area contributed by atoms with E-state index in [1.54, 1.807) is 31.2 Å². The van der Waals surface area contributed by atoms with Crippen LogP contribution in [0.15, 0.2) is 48.5 Å². The number of rotatable bonds is 4. The normalized spacial score (nSPS) is 21.1. The first-order chi connectivity index (χ1) is 17.2. The van der Waals surface area contributed by atoms with Gasteiger partial charge in [-0.3, -0.25) is 23.9 Å². The molecule has 1 fully saturated rings. The molecule has 0 spiro atoms. The zero-order valence-corrected chi connectivity index (χ0v) is 21.8. The molecule has 1 aliphatic carbocycles. The number of halogens is 1. The molecule has 2 heterocycles. The van der Waals surface area contributed by atoms with E-state index in [9.17, 15) is 14.4 Å². The molecule has 0 saturated heterocycles. The molecule has 2 aliphatic rings. The van der Waals surface area contributed by atoms with Crippen molar-refractivity contribution in [2.24, 2.45) is 0 Å². The van der Waals surface area contributed by atoms with E-state index in [1.807, 2.05) is 24.3 Å². The SMILES string of the molecule is CC(C)c1ccc(N2C(=O)c3cc4cc(Cl)ccc4n3C(=O)[C@]2(C)C(=O)NC2CCCCCC2)cc1. The molecule has 3 aromatic rings. The van der Waals surface area contributed by atoms with Gasteiger partial charge in [0.1, 0.15) is 5.69 Å². The van der Waals surface area contributed by atoms with Crippen LogP contribution < -0.4 is 10.2 Å². The van der Waals surface area contributed by atoms with Crippen LogP contribution in [0.1, 0.15) is 86.1 Å². The summed E-state index contributed by atoms with van der Waals surface area (Å²) >= 11 is 6.19. The van der Waals surface area contributed by atoms with E-state index in [2.05, 4.69) is 19.2 Å². The highest BCUT2D eigenvalue weighted by molar-refractivity contribution is 6.32. The van der Waals surface area contributed by atoms with Crippen molar-refractivity contribution in [1.29, 1.82) is 0 Å². The molecule has 1 aliphatic heterocycles. The minimum atomic E-state index is -1.75. The van der Waals surface area contributed by atoms with Crippen LogP contribution in [-0.4, -0.2) is 33.9 Å². The van der Waals surface area contributed by atoms with Crippen LogP contribution in [0.5, 0.6) is 0 Å². The van der Waals surface area contributed by atoms with Crippen LogP contribution in [0.3, 0.4) is 0 Å². The lowest BCUT2D eigenvalue weighted by molar-refractivity contribution is -0.125. The second kappa shape index (κ2) is 9.40. The molecule has 5 rings (SSSR count). The third kappa shape index (κ3) is 4.01. The Morgan fingerprint density at radius 2 is 1.67 bits per heavy atom. The Kier molecular flexibility index (Phi) is 6.41. The Morgan fingerprint density at radius 1 is 1.00 bits per heavy atom. The Hall–Kier alpha value is -3.12. The standard InChI is InChI=1S/C29H32ClN3O3/c1-18(2)19-10-13-23(14-11-19)33-26(34)25-17-20-16-21(30)12-15-24(20)32(25)28(36)29(33,3)27(35)31-22-8-6-4-5-7-9-22/h10-18,22H,4-9H2,1-3H3,(H,31,35)/t29-/m0/s1. The Labute approximate surface area is 216 Å². The topological polar surface area (TPSA) is 71.4 Å². The first-order valence-corrected chi connectivity index (χ1v) is 13.2. The van der Waals surface area contributed by atoms with Gasteiger partial charge in [0.25, 0.3) is 17.7 Å². The highest BCUT2D eigenvalue weighted by atomic mass is 35.5. The van der Waals surface area contributed by atoms with Gasteiger partial charge in [-0.15, -0.1) is 0 Å². The Morgan fingerprint density at radius 3 is 2.31 bits per heavy atom. The average molecular weight is 506 g/mol. The van der Waals surface area contributed by atoms with E-state index >= 15 is 0 Å². The number of benzene rings is 2. The van der Waals surface area contributed by atoms with Crippen molar-refractivity contribution in [3.05, 3.63) is 64.8 Å². The second-order valence-electron chi connectivity index (χ2n) is 10.5. The van der Waals surface area contributed by atoms with Gasteiger partial charge in [-0.05, 0) is 67.6 Å². The highest BCUT2D eigenvalue weighted by Crippen LogP contribution is 2.37. The van der Waals surface area contributed by atoms with E-state index in [1.165, 1.54) is 9.47 Å². The highest BCUT2D eigenvalue weighted by Gasteiger charge is 2.55. The first kappa shape index (κ1) is 24.6. The number of aromatic nitrogens is 1. The van der Waals surface area contributed by atoms with Crippen molar-refractivity contribution >= 4 is 45.9 Å². The minimum Gasteiger partial charge on any atom is -0.351 e. The van der Waals surface area contributed by atoms with Gasteiger partial charge in [0.15, 0.2) is 0 Å². The van der Waals surface area contributed by atoms with Gasteiger partial charge in [0, 0.05) is 22.1 Å². The maximum Gasteiger partial charge on any atom is 0.276 e. The molecule has 188 valence electrons. The van der Waals surface area contributed by atoms with Crippen molar-refractivity contribution in [1.82, 2.24) is 9.88 Å². The molecule has 2 aromatic carbocycles. The molecule has 7 heteroatoms. The van der Waals surface area contributed by atoms with E-state index in [-0.39, 0.29) is 11.7 Å². The molecule has 1 saturated carbocycles. The van der Waals surface area contributed by atoms with Crippen molar-refractivity contribution in [2.45, 2.75) is 76.8 Å².